The number of nitriles is 1. The van der Waals surface area contributed by atoms with E-state index >= 15 is 0 Å². The molecule has 11 heteroatoms. The molecule has 32 heavy (non-hydrogen) atoms. The number of hydrogen-bond donors (Lipinski definition) is 1. The lowest BCUT2D eigenvalue weighted by atomic mass is 10.1. The first-order chi connectivity index (χ1) is 15.5. The Morgan fingerprint density at radius 1 is 1.28 bits per heavy atom. The Hall–Kier alpha value is -3.68. The van der Waals surface area contributed by atoms with Gasteiger partial charge in [-0.15, -0.1) is 0 Å². The normalized spacial score (nSPS) is 14.2. The third-order valence-corrected chi connectivity index (χ3v) is 5.53. The van der Waals surface area contributed by atoms with Crippen molar-refractivity contribution in [2.24, 2.45) is 0 Å². The molecule has 0 spiro atoms. The molecule has 1 aliphatic rings. The fourth-order valence-electron chi connectivity index (χ4n) is 3.63. The number of aliphatic hydroxyl groups is 1. The minimum atomic E-state index is -1.06. The maximum Gasteiger partial charge on any atom is 0.179 e. The van der Waals surface area contributed by atoms with E-state index in [1.807, 2.05) is 10.7 Å². The lowest BCUT2D eigenvalue weighted by molar-refractivity contribution is 0.105. The highest BCUT2D eigenvalue weighted by Gasteiger charge is 2.20. The number of halogens is 2. The van der Waals surface area contributed by atoms with E-state index < -0.39 is 11.9 Å². The standard InChI is InChI=1S/C21H17ClFN7O2/c22-16-8-26-30-9-13(18-6-15-10-28(12-24)3-4-29(15)27-18)5-20(21(16)30)32-11-19(31)17-2-1-14(23)7-25-17/h1-2,5-9,19,31H,3-4,10-11H2. The summed E-state index contributed by atoms with van der Waals surface area (Å²) in [4.78, 5) is 5.56. The Morgan fingerprint density at radius 3 is 2.94 bits per heavy atom. The first kappa shape index (κ1) is 20.2. The zero-order valence-electron chi connectivity index (χ0n) is 16.7. The highest BCUT2D eigenvalue weighted by atomic mass is 35.5. The molecule has 5 rings (SSSR count). The van der Waals surface area contributed by atoms with Crippen molar-refractivity contribution in [2.75, 3.05) is 13.2 Å². The topological polar surface area (TPSA) is 104 Å². The van der Waals surface area contributed by atoms with Gasteiger partial charge in [0.25, 0.3) is 0 Å². The van der Waals surface area contributed by atoms with Crippen LogP contribution in [0.3, 0.4) is 0 Å². The van der Waals surface area contributed by atoms with Crippen LogP contribution in [0, 0.1) is 17.3 Å². The van der Waals surface area contributed by atoms with Crippen LogP contribution in [0.4, 0.5) is 4.39 Å². The molecular weight excluding hydrogens is 437 g/mol. The van der Waals surface area contributed by atoms with Gasteiger partial charge in [-0.25, -0.2) is 8.91 Å². The van der Waals surface area contributed by atoms with Gasteiger partial charge in [-0.3, -0.25) is 9.67 Å². The highest BCUT2D eigenvalue weighted by Crippen LogP contribution is 2.33. The fraction of sp³-hybridized carbons (Fsp3) is 0.238. The SMILES string of the molecule is N#CN1CCn2nc(-c3cc(OCC(O)c4ccc(F)cn4)c4c(Cl)cnn4c3)cc2C1. The smallest absolute Gasteiger partial charge is 0.179 e. The second-order valence-corrected chi connectivity index (χ2v) is 7.78. The Kier molecular flexibility index (Phi) is 5.13. The van der Waals surface area contributed by atoms with Crippen molar-refractivity contribution in [2.45, 2.75) is 19.2 Å². The summed E-state index contributed by atoms with van der Waals surface area (Å²) >= 11 is 6.30. The van der Waals surface area contributed by atoms with Crippen LogP contribution in [0.15, 0.2) is 42.9 Å². The number of aromatic nitrogens is 5. The van der Waals surface area contributed by atoms with Crippen molar-refractivity contribution in [1.29, 1.82) is 5.26 Å². The molecule has 1 atom stereocenters. The summed E-state index contributed by atoms with van der Waals surface area (Å²) in [6, 6.07) is 6.34. The largest absolute Gasteiger partial charge is 0.488 e. The van der Waals surface area contributed by atoms with Gasteiger partial charge in [0, 0.05) is 18.3 Å². The molecule has 4 aromatic rings. The third kappa shape index (κ3) is 3.72. The number of hydrogen-bond acceptors (Lipinski definition) is 7. The van der Waals surface area contributed by atoms with E-state index in [9.17, 15) is 9.50 Å². The van der Waals surface area contributed by atoms with Crippen LogP contribution in [0.25, 0.3) is 16.8 Å². The second-order valence-electron chi connectivity index (χ2n) is 7.37. The van der Waals surface area contributed by atoms with E-state index in [4.69, 9.17) is 21.6 Å². The fourth-order valence-corrected chi connectivity index (χ4v) is 3.85. The van der Waals surface area contributed by atoms with Crippen LogP contribution in [0.1, 0.15) is 17.5 Å². The van der Waals surface area contributed by atoms with E-state index in [2.05, 4.69) is 21.4 Å². The second kappa shape index (κ2) is 8.11. The lowest BCUT2D eigenvalue weighted by Gasteiger charge is -2.21. The molecule has 0 saturated heterocycles. The average molecular weight is 454 g/mol. The number of pyridine rings is 2. The van der Waals surface area contributed by atoms with Crippen LogP contribution < -0.4 is 4.74 Å². The molecule has 1 N–H and O–H groups in total. The molecule has 162 valence electrons. The summed E-state index contributed by atoms with van der Waals surface area (Å²) in [6.45, 7) is 1.62. The molecule has 0 fully saturated rings. The van der Waals surface area contributed by atoms with Crippen molar-refractivity contribution in [3.63, 3.8) is 0 Å². The van der Waals surface area contributed by atoms with E-state index in [1.54, 1.807) is 21.7 Å². The van der Waals surface area contributed by atoms with Crippen LogP contribution in [-0.2, 0) is 13.1 Å². The van der Waals surface area contributed by atoms with Crippen molar-refractivity contribution in [3.8, 4) is 23.2 Å². The van der Waals surface area contributed by atoms with Gasteiger partial charge in [-0.2, -0.15) is 15.5 Å². The molecule has 0 saturated carbocycles. The quantitative estimate of drug-likeness (QED) is 0.463. The van der Waals surface area contributed by atoms with Crippen LogP contribution in [0.2, 0.25) is 5.02 Å². The van der Waals surface area contributed by atoms with E-state index in [-0.39, 0.29) is 6.61 Å². The summed E-state index contributed by atoms with van der Waals surface area (Å²) in [5.74, 6) is -0.0706. The van der Waals surface area contributed by atoms with Gasteiger partial charge in [0.2, 0.25) is 0 Å². The number of ether oxygens (including phenoxy) is 1. The van der Waals surface area contributed by atoms with Crippen LogP contribution in [0.5, 0.6) is 5.75 Å². The Morgan fingerprint density at radius 2 is 2.16 bits per heavy atom. The minimum Gasteiger partial charge on any atom is -0.488 e. The Labute approximate surface area is 186 Å². The molecule has 0 amide bonds. The maximum absolute atomic E-state index is 13.1. The molecule has 5 heterocycles. The zero-order valence-corrected chi connectivity index (χ0v) is 17.4. The van der Waals surface area contributed by atoms with Crippen molar-refractivity contribution in [1.82, 2.24) is 29.3 Å². The molecule has 0 radical (unpaired) electrons. The number of fused-ring (bicyclic) bond motifs is 2. The summed E-state index contributed by atoms with van der Waals surface area (Å²) < 4.78 is 22.5. The van der Waals surface area contributed by atoms with Crippen molar-refractivity contribution < 1.29 is 14.2 Å². The summed E-state index contributed by atoms with van der Waals surface area (Å²) in [7, 11) is 0. The zero-order chi connectivity index (χ0) is 22.2. The van der Waals surface area contributed by atoms with Gasteiger partial charge in [-0.1, -0.05) is 11.6 Å². The third-order valence-electron chi connectivity index (χ3n) is 5.26. The van der Waals surface area contributed by atoms with Gasteiger partial charge < -0.3 is 14.7 Å². The van der Waals surface area contributed by atoms with Gasteiger partial charge in [0.05, 0.1) is 47.6 Å². The molecule has 0 bridgehead atoms. The Bertz CT molecular complexity index is 1330. The highest BCUT2D eigenvalue weighted by molar-refractivity contribution is 6.34. The van der Waals surface area contributed by atoms with Crippen LogP contribution >= 0.6 is 11.6 Å². The van der Waals surface area contributed by atoms with E-state index in [0.717, 1.165) is 17.5 Å². The molecule has 0 aliphatic carbocycles. The van der Waals surface area contributed by atoms with Crippen molar-refractivity contribution >= 4 is 17.1 Å². The number of rotatable bonds is 5. The van der Waals surface area contributed by atoms with E-state index in [1.165, 1.54) is 18.3 Å². The molecule has 9 nitrogen and oxygen atoms in total. The molecule has 4 aromatic heterocycles. The predicted molar refractivity (Wildman–Crippen MR) is 112 cm³/mol. The van der Waals surface area contributed by atoms with Gasteiger partial charge in [0.1, 0.15) is 29.8 Å². The van der Waals surface area contributed by atoms with Gasteiger partial charge in [-0.05, 0) is 24.3 Å². The first-order valence-electron chi connectivity index (χ1n) is 9.83. The average Bonchev–Trinajstić information content (AvgIpc) is 3.40. The van der Waals surface area contributed by atoms with Gasteiger partial charge >= 0.3 is 0 Å². The summed E-state index contributed by atoms with van der Waals surface area (Å²) in [5, 5.41) is 28.9. The minimum absolute atomic E-state index is 0.115. The monoisotopic (exact) mass is 453 g/mol. The van der Waals surface area contributed by atoms with Gasteiger partial charge in [0.15, 0.2) is 6.19 Å². The summed E-state index contributed by atoms with van der Waals surface area (Å²) in [6.07, 6.45) is 5.45. The van der Waals surface area contributed by atoms with Crippen LogP contribution in [-0.4, -0.2) is 47.5 Å². The van der Waals surface area contributed by atoms with Crippen molar-refractivity contribution in [3.05, 3.63) is 65.1 Å². The molecule has 0 aromatic carbocycles. The maximum atomic E-state index is 13.1. The number of aliphatic hydroxyl groups excluding tert-OH is 1. The lowest BCUT2D eigenvalue weighted by Crippen LogP contribution is -2.30. The first-order valence-corrected chi connectivity index (χ1v) is 10.2. The van der Waals surface area contributed by atoms with E-state index in [0.29, 0.717) is 47.3 Å². The molecule has 1 aliphatic heterocycles. The Balaban J connectivity index is 1.46. The molecule has 1 unspecified atom stereocenters. The molecular formula is C21H17ClFN7O2. The number of nitrogens with zero attached hydrogens (tertiary/aromatic N) is 7. The predicted octanol–water partition coefficient (Wildman–Crippen LogP) is 2.79. The summed E-state index contributed by atoms with van der Waals surface area (Å²) in [5.41, 5.74) is 3.23.